The van der Waals surface area contributed by atoms with Crippen LogP contribution in [0.3, 0.4) is 0 Å². The van der Waals surface area contributed by atoms with Crippen LogP contribution in [0.2, 0.25) is 5.02 Å². The van der Waals surface area contributed by atoms with Gasteiger partial charge in [0.1, 0.15) is 6.10 Å². The second-order valence-electron chi connectivity index (χ2n) is 10.1. The number of piperidine rings is 1. The van der Waals surface area contributed by atoms with E-state index < -0.39 is 23.8 Å². The van der Waals surface area contributed by atoms with Gasteiger partial charge in [0.2, 0.25) is 5.91 Å². The summed E-state index contributed by atoms with van der Waals surface area (Å²) in [5.74, 6) is -0.725. The van der Waals surface area contributed by atoms with Gasteiger partial charge in [-0.3, -0.25) is 4.79 Å². The summed E-state index contributed by atoms with van der Waals surface area (Å²) in [6, 6.07) is 14.0. The second-order valence-corrected chi connectivity index (χ2v) is 10.5. The normalized spacial score (nSPS) is 18.4. The van der Waals surface area contributed by atoms with Gasteiger partial charge in [-0.1, -0.05) is 53.6 Å². The second kappa shape index (κ2) is 13.8. The number of nitrogens with zero attached hydrogens (tertiary/aromatic N) is 2. The van der Waals surface area contributed by atoms with E-state index in [2.05, 4.69) is 10.1 Å². The van der Waals surface area contributed by atoms with Gasteiger partial charge in [-0.15, -0.1) is 0 Å². The number of alkyl carbamates (subject to hydrolysis) is 1. The number of nitriles is 1. The summed E-state index contributed by atoms with van der Waals surface area (Å²) in [7, 11) is 1.29. The van der Waals surface area contributed by atoms with Crippen molar-refractivity contribution in [3.8, 4) is 17.2 Å². The van der Waals surface area contributed by atoms with Crippen molar-refractivity contribution in [1.29, 1.82) is 5.26 Å². The Morgan fingerprint density at radius 3 is 2.77 bits per heavy atom. The lowest BCUT2D eigenvalue weighted by molar-refractivity contribution is -0.138. The van der Waals surface area contributed by atoms with Gasteiger partial charge in [-0.05, 0) is 49.8 Å². The first-order chi connectivity index (χ1) is 18.6. The van der Waals surface area contributed by atoms with Crippen LogP contribution in [0.15, 0.2) is 42.5 Å². The average Bonchev–Trinajstić information content (AvgIpc) is 2.94. The van der Waals surface area contributed by atoms with Crippen LogP contribution in [0.1, 0.15) is 43.2 Å². The largest absolute Gasteiger partial charge is 0.453 e. The standard InChI is InChI=1S/C29H37ClN4O5/c1-19-7-3-8-20(15-19)26-23(10-4-11-24(26)30)29(38,12-6-13-33-28(37)39-2)21-9-5-14-34(18-21)27(36)25(32)16-22(35)17-31/h3-4,7-8,10-11,15,21-22,25,35,38H,5-6,9,12-14,16,18,32H2,1-2H3,(H,33,37)/t21-,22?,25?,29+/m1/s1. The van der Waals surface area contributed by atoms with Crippen LogP contribution in [0.4, 0.5) is 4.79 Å². The minimum atomic E-state index is -1.39. The number of rotatable bonds is 10. The third-order valence-corrected chi connectivity index (χ3v) is 7.64. The van der Waals surface area contributed by atoms with Crippen LogP contribution in [0, 0.1) is 24.2 Å². The van der Waals surface area contributed by atoms with E-state index in [-0.39, 0.29) is 24.8 Å². The molecule has 3 rings (SSSR count). The fraction of sp³-hybridized carbons (Fsp3) is 0.483. The van der Waals surface area contributed by atoms with Crippen LogP contribution < -0.4 is 11.1 Å². The summed E-state index contributed by atoms with van der Waals surface area (Å²) in [5.41, 5.74) is 7.94. The molecule has 4 atom stereocenters. The zero-order valence-electron chi connectivity index (χ0n) is 22.4. The van der Waals surface area contributed by atoms with Gasteiger partial charge in [-0.2, -0.15) is 5.26 Å². The average molecular weight is 557 g/mol. The molecular formula is C29H37ClN4O5. The Morgan fingerprint density at radius 2 is 2.08 bits per heavy atom. The summed E-state index contributed by atoms with van der Waals surface area (Å²) in [6.45, 7) is 2.99. The van der Waals surface area contributed by atoms with Crippen molar-refractivity contribution in [1.82, 2.24) is 10.2 Å². The monoisotopic (exact) mass is 556 g/mol. The molecule has 1 fully saturated rings. The van der Waals surface area contributed by atoms with Crippen LogP contribution in [-0.4, -0.2) is 66.0 Å². The van der Waals surface area contributed by atoms with Crippen molar-refractivity contribution >= 4 is 23.6 Å². The molecule has 0 spiro atoms. The van der Waals surface area contributed by atoms with E-state index in [9.17, 15) is 19.8 Å². The van der Waals surface area contributed by atoms with E-state index in [0.29, 0.717) is 49.4 Å². The molecule has 0 aromatic heterocycles. The molecule has 10 heteroatoms. The van der Waals surface area contributed by atoms with Gasteiger partial charge in [0, 0.05) is 42.6 Å². The molecule has 2 unspecified atom stereocenters. The van der Waals surface area contributed by atoms with E-state index >= 15 is 0 Å². The SMILES string of the molecule is COC(=O)NCCC[C@@](O)(c1cccc(Cl)c1-c1cccc(C)c1)[C@@H]1CCCN(C(=O)C(N)CC(O)C#N)C1. The van der Waals surface area contributed by atoms with Gasteiger partial charge in [0.05, 0.1) is 24.8 Å². The molecule has 0 radical (unpaired) electrons. The Morgan fingerprint density at radius 1 is 1.33 bits per heavy atom. The first kappa shape index (κ1) is 30.4. The molecule has 1 heterocycles. The number of amides is 2. The number of hydrogen-bond acceptors (Lipinski definition) is 7. The number of ether oxygens (including phenoxy) is 1. The third-order valence-electron chi connectivity index (χ3n) is 7.33. The van der Waals surface area contributed by atoms with Gasteiger partial charge in [-0.25, -0.2) is 4.79 Å². The van der Waals surface area contributed by atoms with Crippen molar-refractivity contribution in [3.05, 3.63) is 58.6 Å². The van der Waals surface area contributed by atoms with Crippen LogP contribution in [-0.2, 0) is 15.1 Å². The maximum atomic E-state index is 13.1. The number of halogens is 1. The number of aliphatic hydroxyl groups excluding tert-OH is 1. The molecule has 2 aromatic rings. The molecule has 5 N–H and O–H groups in total. The van der Waals surface area contributed by atoms with Crippen LogP contribution >= 0.6 is 11.6 Å². The highest BCUT2D eigenvalue weighted by Crippen LogP contribution is 2.45. The number of carbonyl (C=O) groups excluding carboxylic acids is 2. The van der Waals surface area contributed by atoms with E-state index in [0.717, 1.165) is 16.7 Å². The highest BCUT2D eigenvalue weighted by Gasteiger charge is 2.43. The molecule has 39 heavy (non-hydrogen) atoms. The molecule has 1 saturated heterocycles. The summed E-state index contributed by atoms with van der Waals surface area (Å²) < 4.78 is 4.66. The van der Waals surface area contributed by atoms with E-state index in [1.54, 1.807) is 23.1 Å². The molecule has 210 valence electrons. The molecule has 0 bridgehead atoms. The van der Waals surface area contributed by atoms with Gasteiger partial charge in [0.25, 0.3) is 0 Å². The van der Waals surface area contributed by atoms with Crippen molar-refractivity contribution in [2.75, 3.05) is 26.7 Å². The van der Waals surface area contributed by atoms with Crippen molar-refractivity contribution < 1.29 is 24.5 Å². The Balaban J connectivity index is 1.98. The first-order valence-electron chi connectivity index (χ1n) is 13.1. The maximum absolute atomic E-state index is 13.1. The Kier molecular flexibility index (Phi) is 10.7. The predicted octanol–water partition coefficient (Wildman–Crippen LogP) is 3.48. The highest BCUT2D eigenvalue weighted by atomic mass is 35.5. The Hall–Kier alpha value is -3.16. The minimum absolute atomic E-state index is 0.161. The number of benzene rings is 2. The summed E-state index contributed by atoms with van der Waals surface area (Å²) >= 11 is 6.75. The number of hydrogen-bond donors (Lipinski definition) is 4. The van der Waals surface area contributed by atoms with Gasteiger partial charge < -0.3 is 30.9 Å². The van der Waals surface area contributed by atoms with Crippen molar-refractivity contribution in [3.63, 3.8) is 0 Å². The lowest BCUT2D eigenvalue weighted by Crippen LogP contribution is -2.53. The van der Waals surface area contributed by atoms with E-state index in [1.807, 2.05) is 37.3 Å². The number of carbonyl (C=O) groups is 2. The smallest absolute Gasteiger partial charge is 0.406 e. The van der Waals surface area contributed by atoms with Crippen LogP contribution in [0.25, 0.3) is 11.1 Å². The van der Waals surface area contributed by atoms with E-state index in [4.69, 9.17) is 22.6 Å². The quantitative estimate of drug-likeness (QED) is 0.258. The third kappa shape index (κ3) is 7.49. The molecule has 1 aliphatic rings. The fourth-order valence-electron chi connectivity index (χ4n) is 5.35. The summed E-state index contributed by atoms with van der Waals surface area (Å²) in [4.78, 5) is 26.3. The first-order valence-corrected chi connectivity index (χ1v) is 13.5. The predicted molar refractivity (Wildman–Crippen MR) is 149 cm³/mol. The molecule has 2 amide bonds. The number of likely N-dealkylation sites (tertiary alicyclic amines) is 1. The molecule has 0 aliphatic carbocycles. The molecule has 2 aromatic carbocycles. The molecule has 9 nitrogen and oxygen atoms in total. The van der Waals surface area contributed by atoms with Crippen molar-refractivity contribution in [2.24, 2.45) is 11.7 Å². The summed E-state index contributed by atoms with van der Waals surface area (Å²) in [5, 5.41) is 34.3. The minimum Gasteiger partial charge on any atom is -0.453 e. The van der Waals surface area contributed by atoms with Gasteiger partial charge >= 0.3 is 6.09 Å². The number of aryl methyl sites for hydroxylation is 1. The number of nitrogens with one attached hydrogen (secondary N) is 1. The number of methoxy groups -OCH3 is 1. The Bertz CT molecular complexity index is 1200. The number of aliphatic hydroxyl groups is 2. The van der Waals surface area contributed by atoms with Crippen LogP contribution in [0.5, 0.6) is 0 Å². The van der Waals surface area contributed by atoms with Crippen molar-refractivity contribution in [2.45, 2.75) is 56.8 Å². The highest BCUT2D eigenvalue weighted by molar-refractivity contribution is 6.33. The fourth-order valence-corrected chi connectivity index (χ4v) is 5.64. The zero-order valence-corrected chi connectivity index (χ0v) is 23.2. The lowest BCUT2D eigenvalue weighted by atomic mass is 9.72. The summed E-state index contributed by atoms with van der Waals surface area (Å²) in [6.07, 6.45) is 0.00209. The molecule has 0 saturated carbocycles. The molecule has 1 aliphatic heterocycles. The van der Waals surface area contributed by atoms with Gasteiger partial charge in [0.15, 0.2) is 0 Å². The maximum Gasteiger partial charge on any atom is 0.406 e. The Labute approximate surface area is 234 Å². The zero-order chi connectivity index (χ0) is 28.6. The van der Waals surface area contributed by atoms with E-state index in [1.165, 1.54) is 7.11 Å². The molecular weight excluding hydrogens is 520 g/mol. The topological polar surface area (TPSA) is 149 Å². The lowest BCUT2D eigenvalue weighted by Gasteiger charge is -2.44. The number of nitrogens with two attached hydrogens (primary N) is 1.